The third-order valence-electron chi connectivity index (χ3n) is 2.71. The second-order valence-electron chi connectivity index (χ2n) is 4.32. The zero-order valence-corrected chi connectivity index (χ0v) is 11.5. The van der Waals surface area contributed by atoms with Crippen molar-refractivity contribution in [2.75, 3.05) is 20.2 Å². The Hall–Kier alpha value is -2.04. The number of phenolic OH excluding ortho intramolecular Hbond substituents is 1. The second kappa shape index (κ2) is 6.78. The van der Waals surface area contributed by atoms with Crippen molar-refractivity contribution in [3.05, 3.63) is 29.3 Å². The summed E-state index contributed by atoms with van der Waals surface area (Å²) in [6.07, 6.45) is 0.718. The lowest BCUT2D eigenvalue weighted by Gasteiger charge is -2.21. The van der Waals surface area contributed by atoms with Gasteiger partial charge in [-0.05, 0) is 31.0 Å². The van der Waals surface area contributed by atoms with E-state index in [9.17, 15) is 14.7 Å². The monoisotopic (exact) mass is 265 g/mol. The SMILES string of the molecule is CCCN(CC(=O)OC)C(=O)c1ccc(C)cc1O. The lowest BCUT2D eigenvalue weighted by atomic mass is 10.1. The van der Waals surface area contributed by atoms with Crippen molar-refractivity contribution >= 4 is 11.9 Å². The molecule has 0 fully saturated rings. The summed E-state index contributed by atoms with van der Waals surface area (Å²) in [6, 6.07) is 4.83. The molecule has 0 atom stereocenters. The Kier molecular flexibility index (Phi) is 5.36. The number of aryl methyl sites for hydroxylation is 1. The number of hydrogen-bond donors (Lipinski definition) is 1. The van der Waals surface area contributed by atoms with Gasteiger partial charge in [0.05, 0.1) is 12.7 Å². The fourth-order valence-corrected chi connectivity index (χ4v) is 1.74. The van der Waals surface area contributed by atoms with Crippen LogP contribution in [0.1, 0.15) is 29.3 Å². The van der Waals surface area contributed by atoms with Crippen LogP contribution in [0.25, 0.3) is 0 Å². The molecular formula is C14H19NO4. The highest BCUT2D eigenvalue weighted by Gasteiger charge is 2.20. The molecule has 0 bridgehead atoms. The van der Waals surface area contributed by atoms with E-state index in [0.29, 0.717) is 6.54 Å². The molecule has 0 aliphatic carbocycles. The number of carbonyl (C=O) groups is 2. The van der Waals surface area contributed by atoms with E-state index < -0.39 is 5.97 Å². The first-order valence-corrected chi connectivity index (χ1v) is 6.15. The molecule has 0 heterocycles. The van der Waals surface area contributed by atoms with Crippen molar-refractivity contribution < 1.29 is 19.4 Å². The summed E-state index contributed by atoms with van der Waals surface area (Å²) in [5.74, 6) is -0.922. The van der Waals surface area contributed by atoms with Crippen molar-refractivity contribution in [2.24, 2.45) is 0 Å². The van der Waals surface area contributed by atoms with Crippen molar-refractivity contribution in [3.8, 4) is 5.75 Å². The summed E-state index contributed by atoms with van der Waals surface area (Å²) < 4.78 is 4.57. The molecule has 1 aromatic carbocycles. The zero-order chi connectivity index (χ0) is 14.4. The van der Waals surface area contributed by atoms with Crippen LogP contribution in [-0.4, -0.2) is 42.1 Å². The topological polar surface area (TPSA) is 66.8 Å². The van der Waals surface area contributed by atoms with Gasteiger partial charge in [0.2, 0.25) is 0 Å². The quantitative estimate of drug-likeness (QED) is 0.823. The Morgan fingerprint density at radius 1 is 1.37 bits per heavy atom. The number of methoxy groups -OCH3 is 1. The van der Waals surface area contributed by atoms with E-state index >= 15 is 0 Å². The van der Waals surface area contributed by atoms with Gasteiger partial charge in [-0.3, -0.25) is 9.59 Å². The van der Waals surface area contributed by atoms with Crippen LogP contribution in [0.3, 0.4) is 0 Å². The highest BCUT2D eigenvalue weighted by molar-refractivity contribution is 5.98. The first-order valence-electron chi connectivity index (χ1n) is 6.15. The van der Waals surface area contributed by atoms with E-state index in [1.807, 2.05) is 13.8 Å². The van der Waals surface area contributed by atoms with Gasteiger partial charge >= 0.3 is 5.97 Å². The summed E-state index contributed by atoms with van der Waals surface area (Å²) >= 11 is 0. The molecule has 0 saturated heterocycles. The summed E-state index contributed by atoms with van der Waals surface area (Å²) in [5, 5.41) is 9.81. The maximum absolute atomic E-state index is 12.3. The lowest BCUT2D eigenvalue weighted by molar-refractivity contribution is -0.141. The van der Waals surface area contributed by atoms with Gasteiger partial charge in [-0.1, -0.05) is 13.0 Å². The maximum atomic E-state index is 12.3. The van der Waals surface area contributed by atoms with E-state index in [4.69, 9.17) is 0 Å². The Bertz CT molecular complexity index is 471. The molecule has 0 spiro atoms. The van der Waals surface area contributed by atoms with Gasteiger partial charge < -0.3 is 14.7 Å². The number of ether oxygens (including phenoxy) is 1. The molecule has 1 amide bonds. The molecule has 0 unspecified atom stereocenters. The minimum absolute atomic E-state index is 0.0732. The Labute approximate surface area is 112 Å². The molecule has 5 nitrogen and oxygen atoms in total. The van der Waals surface area contributed by atoms with Crippen LogP contribution in [-0.2, 0) is 9.53 Å². The molecule has 19 heavy (non-hydrogen) atoms. The number of rotatable bonds is 5. The number of aromatic hydroxyl groups is 1. The van der Waals surface area contributed by atoms with Crippen LogP contribution in [0, 0.1) is 6.92 Å². The number of benzene rings is 1. The average molecular weight is 265 g/mol. The predicted octanol–water partition coefficient (Wildman–Crippen LogP) is 1.73. The number of amides is 1. The van der Waals surface area contributed by atoms with E-state index in [2.05, 4.69) is 4.74 Å². The Morgan fingerprint density at radius 2 is 2.05 bits per heavy atom. The van der Waals surface area contributed by atoms with Crippen molar-refractivity contribution in [3.63, 3.8) is 0 Å². The highest BCUT2D eigenvalue weighted by Crippen LogP contribution is 2.20. The average Bonchev–Trinajstić information content (AvgIpc) is 2.37. The van der Waals surface area contributed by atoms with Crippen LogP contribution in [0.4, 0.5) is 0 Å². The predicted molar refractivity (Wildman–Crippen MR) is 71.1 cm³/mol. The first-order chi connectivity index (χ1) is 8.99. The van der Waals surface area contributed by atoms with Crippen LogP contribution in [0.2, 0.25) is 0 Å². The summed E-state index contributed by atoms with van der Waals surface area (Å²) in [7, 11) is 1.28. The third kappa shape index (κ3) is 3.98. The molecule has 5 heteroatoms. The molecule has 0 aliphatic heterocycles. The second-order valence-corrected chi connectivity index (χ2v) is 4.32. The first kappa shape index (κ1) is 15.0. The minimum atomic E-state index is -0.478. The Morgan fingerprint density at radius 3 is 2.58 bits per heavy atom. The molecule has 0 saturated carbocycles. The molecule has 0 aromatic heterocycles. The Balaban J connectivity index is 2.95. The molecule has 104 valence electrons. The van der Waals surface area contributed by atoms with Crippen molar-refractivity contribution in [1.29, 1.82) is 0 Å². The van der Waals surface area contributed by atoms with Crippen LogP contribution in [0.15, 0.2) is 18.2 Å². The van der Waals surface area contributed by atoms with Gasteiger partial charge in [0, 0.05) is 6.54 Å². The standard InChI is InChI=1S/C14H19NO4/c1-4-7-15(9-13(17)19-3)14(18)11-6-5-10(2)8-12(11)16/h5-6,8,16H,4,7,9H2,1-3H3. The van der Waals surface area contributed by atoms with Gasteiger partial charge in [0.1, 0.15) is 12.3 Å². The molecule has 0 aliphatic rings. The van der Waals surface area contributed by atoms with E-state index in [1.165, 1.54) is 18.1 Å². The van der Waals surface area contributed by atoms with Gasteiger partial charge in [-0.15, -0.1) is 0 Å². The number of phenols is 1. The largest absolute Gasteiger partial charge is 0.507 e. The normalized spacial score (nSPS) is 10.1. The van der Waals surface area contributed by atoms with Gasteiger partial charge in [-0.2, -0.15) is 0 Å². The molecule has 1 aromatic rings. The smallest absolute Gasteiger partial charge is 0.325 e. The molecular weight excluding hydrogens is 246 g/mol. The third-order valence-corrected chi connectivity index (χ3v) is 2.71. The minimum Gasteiger partial charge on any atom is -0.507 e. The number of esters is 1. The zero-order valence-electron chi connectivity index (χ0n) is 11.5. The summed E-state index contributed by atoms with van der Waals surface area (Å²) in [4.78, 5) is 24.9. The number of nitrogens with zero attached hydrogens (tertiary/aromatic N) is 1. The lowest BCUT2D eigenvalue weighted by Crippen LogP contribution is -2.36. The number of hydrogen-bond acceptors (Lipinski definition) is 4. The molecule has 0 radical (unpaired) electrons. The fourth-order valence-electron chi connectivity index (χ4n) is 1.74. The van der Waals surface area contributed by atoms with Crippen LogP contribution >= 0.6 is 0 Å². The van der Waals surface area contributed by atoms with Crippen molar-refractivity contribution in [1.82, 2.24) is 4.90 Å². The highest BCUT2D eigenvalue weighted by atomic mass is 16.5. The van der Waals surface area contributed by atoms with Gasteiger partial charge in [0.15, 0.2) is 0 Å². The fraction of sp³-hybridized carbons (Fsp3) is 0.429. The summed E-state index contributed by atoms with van der Waals surface area (Å²) in [5.41, 5.74) is 1.06. The van der Waals surface area contributed by atoms with E-state index in [-0.39, 0.29) is 23.8 Å². The van der Waals surface area contributed by atoms with Gasteiger partial charge in [-0.25, -0.2) is 0 Å². The molecule has 1 rings (SSSR count). The van der Waals surface area contributed by atoms with Gasteiger partial charge in [0.25, 0.3) is 5.91 Å². The van der Waals surface area contributed by atoms with E-state index in [0.717, 1.165) is 12.0 Å². The maximum Gasteiger partial charge on any atom is 0.325 e. The molecule has 1 N–H and O–H groups in total. The summed E-state index contributed by atoms with van der Waals surface area (Å²) in [6.45, 7) is 4.05. The van der Waals surface area contributed by atoms with E-state index in [1.54, 1.807) is 12.1 Å². The van der Waals surface area contributed by atoms with Crippen LogP contribution in [0.5, 0.6) is 5.75 Å². The van der Waals surface area contributed by atoms with Crippen LogP contribution < -0.4 is 0 Å². The number of carbonyl (C=O) groups excluding carboxylic acids is 2. The van der Waals surface area contributed by atoms with Crippen molar-refractivity contribution in [2.45, 2.75) is 20.3 Å².